The Bertz CT molecular complexity index is 707. The predicted molar refractivity (Wildman–Crippen MR) is 91.2 cm³/mol. The second-order valence-corrected chi connectivity index (χ2v) is 6.18. The van der Waals surface area contributed by atoms with E-state index in [4.69, 9.17) is 0 Å². The number of nitrogens with zero attached hydrogens (tertiary/aromatic N) is 3. The maximum atomic E-state index is 13.9. The highest BCUT2D eigenvalue weighted by atomic mass is 19.1. The molecule has 3 rings (SSSR count). The Labute approximate surface area is 141 Å². The van der Waals surface area contributed by atoms with Crippen LogP contribution in [-0.4, -0.2) is 46.8 Å². The molecule has 0 saturated carbocycles. The summed E-state index contributed by atoms with van der Waals surface area (Å²) in [7, 11) is 1.70. The highest BCUT2D eigenvalue weighted by Crippen LogP contribution is 2.21. The molecule has 6 heteroatoms. The normalized spacial score (nSPS) is 15.4. The Morgan fingerprint density at radius 2 is 2.00 bits per heavy atom. The van der Waals surface area contributed by atoms with Crippen molar-refractivity contribution in [2.45, 2.75) is 19.3 Å². The molecule has 0 radical (unpaired) electrons. The lowest BCUT2D eigenvalue weighted by molar-refractivity contribution is 0.0937. The van der Waals surface area contributed by atoms with Gasteiger partial charge in [0.1, 0.15) is 11.5 Å². The molecule has 1 amide bonds. The van der Waals surface area contributed by atoms with Gasteiger partial charge in [-0.1, -0.05) is 18.6 Å². The molecule has 1 aliphatic heterocycles. The van der Waals surface area contributed by atoms with Crippen LogP contribution in [0.2, 0.25) is 0 Å². The van der Waals surface area contributed by atoms with Gasteiger partial charge in [0.2, 0.25) is 0 Å². The summed E-state index contributed by atoms with van der Waals surface area (Å²) in [5.74, 6) is -0.516. The summed E-state index contributed by atoms with van der Waals surface area (Å²) in [5, 5.41) is 7.20. The van der Waals surface area contributed by atoms with Gasteiger partial charge in [0.15, 0.2) is 0 Å². The third kappa shape index (κ3) is 3.82. The number of hydrogen-bond acceptors (Lipinski definition) is 3. The van der Waals surface area contributed by atoms with Gasteiger partial charge >= 0.3 is 0 Å². The highest BCUT2D eigenvalue weighted by molar-refractivity contribution is 5.93. The minimum absolute atomic E-state index is 0.176. The fourth-order valence-electron chi connectivity index (χ4n) is 3.08. The number of halogens is 1. The van der Waals surface area contributed by atoms with Gasteiger partial charge in [0, 0.05) is 25.7 Å². The molecule has 2 aromatic rings. The summed E-state index contributed by atoms with van der Waals surface area (Å²) in [5.41, 5.74) is 1.31. The van der Waals surface area contributed by atoms with Gasteiger partial charge in [0.05, 0.1) is 5.69 Å². The molecule has 1 aromatic heterocycles. The van der Waals surface area contributed by atoms with Crippen LogP contribution in [-0.2, 0) is 7.05 Å². The zero-order valence-electron chi connectivity index (χ0n) is 14.0. The number of hydrogen-bond donors (Lipinski definition) is 1. The first kappa shape index (κ1) is 16.6. The average molecular weight is 330 g/mol. The largest absolute Gasteiger partial charge is 0.349 e. The van der Waals surface area contributed by atoms with Crippen LogP contribution in [0.15, 0.2) is 30.3 Å². The molecular weight excluding hydrogens is 307 g/mol. The molecule has 5 nitrogen and oxygen atoms in total. The Hall–Kier alpha value is -2.21. The van der Waals surface area contributed by atoms with Crippen LogP contribution in [0.4, 0.5) is 4.39 Å². The zero-order valence-corrected chi connectivity index (χ0v) is 14.0. The molecule has 0 unspecified atom stereocenters. The number of amides is 1. The maximum Gasteiger partial charge on any atom is 0.269 e. The monoisotopic (exact) mass is 330 g/mol. The minimum Gasteiger partial charge on any atom is -0.349 e. The van der Waals surface area contributed by atoms with Gasteiger partial charge in [0.25, 0.3) is 5.91 Å². The van der Waals surface area contributed by atoms with Crippen molar-refractivity contribution in [2.75, 3.05) is 26.2 Å². The van der Waals surface area contributed by atoms with Crippen LogP contribution in [0.25, 0.3) is 11.3 Å². The molecule has 1 aliphatic rings. The molecule has 24 heavy (non-hydrogen) atoms. The van der Waals surface area contributed by atoms with E-state index in [1.807, 2.05) is 0 Å². The van der Waals surface area contributed by atoms with Crippen LogP contribution in [0, 0.1) is 5.82 Å². The second kappa shape index (κ2) is 7.57. The highest BCUT2D eigenvalue weighted by Gasteiger charge is 2.16. The lowest BCUT2D eigenvalue weighted by Gasteiger charge is -2.26. The SMILES string of the molecule is Cn1nc(-c2ccccc2F)cc1C(=O)NCCN1CCCCC1. The van der Waals surface area contributed by atoms with Gasteiger partial charge in [-0.15, -0.1) is 0 Å². The van der Waals surface area contributed by atoms with Crippen molar-refractivity contribution in [3.05, 3.63) is 41.8 Å². The summed E-state index contributed by atoms with van der Waals surface area (Å²) in [4.78, 5) is 14.7. The van der Waals surface area contributed by atoms with Crippen molar-refractivity contribution < 1.29 is 9.18 Å². The Balaban J connectivity index is 1.62. The number of carbonyl (C=O) groups excluding carboxylic acids is 1. The standard InChI is InChI=1S/C18H23FN4O/c1-22-17(13-16(21-22)14-7-3-4-8-15(14)19)18(24)20-9-12-23-10-5-2-6-11-23/h3-4,7-8,13H,2,5-6,9-12H2,1H3,(H,20,24). The molecule has 2 heterocycles. The van der Waals surface area contributed by atoms with Crippen LogP contribution < -0.4 is 5.32 Å². The van der Waals surface area contributed by atoms with Crippen LogP contribution in [0.1, 0.15) is 29.8 Å². The van der Waals surface area contributed by atoms with Crippen molar-refractivity contribution in [1.82, 2.24) is 20.0 Å². The zero-order chi connectivity index (χ0) is 16.9. The number of carbonyl (C=O) groups is 1. The van der Waals surface area contributed by atoms with Gasteiger partial charge in [-0.3, -0.25) is 9.48 Å². The number of piperidine rings is 1. The third-order valence-electron chi connectivity index (χ3n) is 4.42. The summed E-state index contributed by atoms with van der Waals surface area (Å²) in [6, 6.07) is 8.08. The van der Waals surface area contributed by atoms with E-state index >= 15 is 0 Å². The number of benzene rings is 1. The Kier molecular flexibility index (Phi) is 5.25. The fraction of sp³-hybridized carbons (Fsp3) is 0.444. The third-order valence-corrected chi connectivity index (χ3v) is 4.42. The van der Waals surface area contributed by atoms with Crippen molar-refractivity contribution >= 4 is 5.91 Å². The first-order valence-corrected chi connectivity index (χ1v) is 8.44. The van der Waals surface area contributed by atoms with Crippen LogP contribution >= 0.6 is 0 Å². The van der Waals surface area contributed by atoms with Crippen molar-refractivity contribution in [3.63, 3.8) is 0 Å². The molecular formula is C18H23FN4O. The fourth-order valence-corrected chi connectivity index (χ4v) is 3.08. The van der Waals surface area contributed by atoms with E-state index in [2.05, 4.69) is 15.3 Å². The molecule has 0 atom stereocenters. The molecule has 0 bridgehead atoms. The lowest BCUT2D eigenvalue weighted by Crippen LogP contribution is -2.38. The van der Waals surface area contributed by atoms with E-state index in [1.54, 1.807) is 31.3 Å². The maximum absolute atomic E-state index is 13.9. The van der Waals surface area contributed by atoms with E-state index in [0.717, 1.165) is 19.6 Å². The molecule has 1 N–H and O–H groups in total. The van der Waals surface area contributed by atoms with E-state index < -0.39 is 0 Å². The average Bonchev–Trinajstić information content (AvgIpc) is 2.98. The number of rotatable bonds is 5. The number of likely N-dealkylation sites (tertiary alicyclic amines) is 1. The van der Waals surface area contributed by atoms with Crippen LogP contribution in [0.3, 0.4) is 0 Å². The summed E-state index contributed by atoms with van der Waals surface area (Å²) in [6.45, 7) is 3.70. The molecule has 0 spiro atoms. The van der Waals surface area contributed by atoms with Crippen LogP contribution in [0.5, 0.6) is 0 Å². The van der Waals surface area contributed by atoms with E-state index in [1.165, 1.54) is 30.0 Å². The topological polar surface area (TPSA) is 50.2 Å². The molecule has 1 fully saturated rings. The van der Waals surface area contributed by atoms with E-state index in [-0.39, 0.29) is 11.7 Å². The second-order valence-electron chi connectivity index (χ2n) is 6.18. The molecule has 0 aliphatic carbocycles. The summed E-state index contributed by atoms with van der Waals surface area (Å²) in [6.07, 6.45) is 3.78. The number of nitrogens with one attached hydrogen (secondary N) is 1. The first-order valence-electron chi connectivity index (χ1n) is 8.44. The number of aromatic nitrogens is 2. The summed E-state index contributed by atoms with van der Waals surface area (Å²) >= 11 is 0. The van der Waals surface area contributed by atoms with Crippen molar-refractivity contribution in [3.8, 4) is 11.3 Å². The minimum atomic E-state index is -0.340. The smallest absolute Gasteiger partial charge is 0.269 e. The molecule has 1 aromatic carbocycles. The quantitative estimate of drug-likeness (QED) is 0.916. The first-order chi connectivity index (χ1) is 11.6. The summed E-state index contributed by atoms with van der Waals surface area (Å²) < 4.78 is 15.4. The Morgan fingerprint density at radius 1 is 1.25 bits per heavy atom. The molecule has 128 valence electrons. The van der Waals surface area contributed by atoms with Gasteiger partial charge in [-0.05, 0) is 44.1 Å². The Morgan fingerprint density at radius 3 is 2.75 bits per heavy atom. The van der Waals surface area contributed by atoms with E-state index in [0.29, 0.717) is 23.5 Å². The van der Waals surface area contributed by atoms with Crippen molar-refractivity contribution in [2.24, 2.45) is 7.05 Å². The van der Waals surface area contributed by atoms with E-state index in [9.17, 15) is 9.18 Å². The van der Waals surface area contributed by atoms with Gasteiger partial charge in [-0.2, -0.15) is 5.10 Å². The van der Waals surface area contributed by atoms with Gasteiger partial charge < -0.3 is 10.2 Å². The molecule has 1 saturated heterocycles. The predicted octanol–water partition coefficient (Wildman–Crippen LogP) is 2.44. The van der Waals surface area contributed by atoms with Crippen molar-refractivity contribution in [1.29, 1.82) is 0 Å². The number of aryl methyl sites for hydroxylation is 1. The lowest BCUT2D eigenvalue weighted by atomic mass is 10.1. The van der Waals surface area contributed by atoms with Gasteiger partial charge in [-0.25, -0.2) is 4.39 Å².